The molecule has 1 aromatic carbocycles. The van der Waals surface area contributed by atoms with Crippen molar-refractivity contribution in [1.29, 1.82) is 0 Å². The van der Waals surface area contributed by atoms with E-state index in [1.807, 2.05) is 27.7 Å². The highest BCUT2D eigenvalue weighted by Gasteiger charge is 2.52. The molecule has 3 rings (SSSR count). The van der Waals surface area contributed by atoms with Gasteiger partial charge in [-0.05, 0) is 60.6 Å². The predicted molar refractivity (Wildman–Crippen MR) is 116 cm³/mol. The van der Waals surface area contributed by atoms with Crippen LogP contribution in [0.4, 0.5) is 4.79 Å². The molecule has 7 nitrogen and oxygen atoms in total. The standard InChI is InChI=1S/C21H30BClN2O5/c1-19(2,3)28-18(27)24-14-11-25(12-14)17(26)13-8-9-15(16(23)10-13)22-29-20(4,5)21(6,7)30-22/h8-10,14H,11-12H2,1-7H3,(H,24,27). The summed E-state index contributed by atoms with van der Waals surface area (Å²) in [4.78, 5) is 26.2. The molecule has 9 heteroatoms. The molecule has 0 bridgehead atoms. The number of carbonyl (C=O) groups is 2. The summed E-state index contributed by atoms with van der Waals surface area (Å²) in [6.45, 7) is 14.2. The second kappa shape index (κ2) is 7.73. The zero-order valence-corrected chi connectivity index (χ0v) is 19.4. The van der Waals surface area contributed by atoms with Crippen molar-refractivity contribution in [1.82, 2.24) is 10.2 Å². The van der Waals surface area contributed by atoms with E-state index in [0.717, 1.165) is 0 Å². The van der Waals surface area contributed by atoms with Crippen LogP contribution in [0, 0.1) is 0 Å². The number of hydrogen-bond donors (Lipinski definition) is 1. The summed E-state index contributed by atoms with van der Waals surface area (Å²) in [6.07, 6.45) is -0.477. The van der Waals surface area contributed by atoms with Crippen LogP contribution in [0.3, 0.4) is 0 Å². The highest BCUT2D eigenvalue weighted by atomic mass is 35.5. The van der Waals surface area contributed by atoms with Crippen LogP contribution in [0.2, 0.25) is 5.02 Å². The minimum Gasteiger partial charge on any atom is -0.444 e. The molecule has 0 atom stereocenters. The van der Waals surface area contributed by atoms with Crippen molar-refractivity contribution in [2.45, 2.75) is 71.3 Å². The van der Waals surface area contributed by atoms with E-state index in [9.17, 15) is 9.59 Å². The highest BCUT2D eigenvalue weighted by Crippen LogP contribution is 2.37. The number of nitrogens with zero attached hydrogens (tertiary/aromatic N) is 1. The fourth-order valence-electron chi connectivity index (χ4n) is 3.21. The first kappa shape index (κ1) is 22.9. The van der Waals surface area contributed by atoms with Crippen molar-refractivity contribution in [2.75, 3.05) is 13.1 Å². The van der Waals surface area contributed by atoms with E-state index in [0.29, 0.717) is 29.1 Å². The molecule has 2 amide bonds. The van der Waals surface area contributed by atoms with Gasteiger partial charge in [-0.1, -0.05) is 17.7 Å². The van der Waals surface area contributed by atoms with Crippen molar-refractivity contribution in [2.24, 2.45) is 0 Å². The molecule has 1 N–H and O–H groups in total. The molecular weight excluding hydrogens is 407 g/mol. The second-order valence-corrected chi connectivity index (χ2v) is 10.3. The van der Waals surface area contributed by atoms with E-state index >= 15 is 0 Å². The Hall–Kier alpha value is -1.77. The van der Waals surface area contributed by atoms with E-state index < -0.39 is 30.0 Å². The van der Waals surface area contributed by atoms with Gasteiger partial charge in [-0.25, -0.2) is 4.79 Å². The van der Waals surface area contributed by atoms with Crippen LogP contribution < -0.4 is 10.8 Å². The number of likely N-dealkylation sites (tertiary alicyclic amines) is 1. The number of benzene rings is 1. The Labute approximate surface area is 183 Å². The fourth-order valence-corrected chi connectivity index (χ4v) is 3.48. The fraction of sp³-hybridized carbons (Fsp3) is 0.619. The zero-order chi connectivity index (χ0) is 22.5. The number of carbonyl (C=O) groups excluding carboxylic acids is 2. The van der Waals surface area contributed by atoms with Crippen LogP contribution in [0.5, 0.6) is 0 Å². The van der Waals surface area contributed by atoms with E-state index in [4.69, 9.17) is 25.6 Å². The molecule has 30 heavy (non-hydrogen) atoms. The third-order valence-electron chi connectivity index (χ3n) is 5.64. The highest BCUT2D eigenvalue weighted by molar-refractivity contribution is 6.65. The van der Waals surface area contributed by atoms with Gasteiger partial charge in [0.05, 0.1) is 17.2 Å². The van der Waals surface area contributed by atoms with Gasteiger partial charge >= 0.3 is 13.2 Å². The predicted octanol–water partition coefficient (Wildman–Crippen LogP) is 2.99. The first-order chi connectivity index (χ1) is 13.7. The van der Waals surface area contributed by atoms with Crippen molar-refractivity contribution in [3.63, 3.8) is 0 Å². The van der Waals surface area contributed by atoms with E-state index in [2.05, 4.69) is 5.32 Å². The van der Waals surface area contributed by atoms with Crippen LogP contribution >= 0.6 is 11.6 Å². The van der Waals surface area contributed by atoms with Gasteiger partial charge in [-0.3, -0.25) is 4.79 Å². The molecule has 2 aliphatic heterocycles. The van der Waals surface area contributed by atoms with Gasteiger partial charge in [0.25, 0.3) is 5.91 Å². The summed E-state index contributed by atoms with van der Waals surface area (Å²) in [7, 11) is -0.585. The first-order valence-electron chi connectivity index (χ1n) is 10.1. The summed E-state index contributed by atoms with van der Waals surface area (Å²) >= 11 is 6.46. The van der Waals surface area contributed by atoms with Crippen LogP contribution in [-0.2, 0) is 14.0 Å². The van der Waals surface area contributed by atoms with Gasteiger partial charge in [-0.15, -0.1) is 0 Å². The van der Waals surface area contributed by atoms with E-state index in [1.165, 1.54) is 0 Å². The molecule has 0 saturated carbocycles. The Balaban J connectivity index is 1.59. The SMILES string of the molecule is CC(C)(C)OC(=O)NC1CN(C(=O)c2ccc(B3OC(C)(C)C(C)(C)O3)c(Cl)c2)C1. The van der Waals surface area contributed by atoms with Crippen molar-refractivity contribution >= 4 is 36.2 Å². The molecular formula is C21H30BClN2O5. The van der Waals surface area contributed by atoms with Gasteiger partial charge in [0, 0.05) is 29.1 Å². The quantitative estimate of drug-likeness (QED) is 0.737. The Morgan fingerprint density at radius 2 is 1.73 bits per heavy atom. The smallest absolute Gasteiger partial charge is 0.444 e. The van der Waals surface area contributed by atoms with Gasteiger partial charge in [0.2, 0.25) is 0 Å². The number of halogens is 1. The monoisotopic (exact) mass is 436 g/mol. The lowest BCUT2D eigenvalue weighted by molar-refractivity contribution is 0.00578. The average Bonchev–Trinajstić information content (AvgIpc) is 2.75. The van der Waals surface area contributed by atoms with Crippen LogP contribution in [0.1, 0.15) is 58.8 Å². The van der Waals surface area contributed by atoms with Crippen molar-refractivity contribution < 1.29 is 23.6 Å². The maximum atomic E-state index is 12.7. The number of alkyl carbamates (subject to hydrolysis) is 1. The molecule has 2 saturated heterocycles. The maximum absolute atomic E-state index is 12.7. The largest absolute Gasteiger partial charge is 0.496 e. The molecule has 0 aromatic heterocycles. The lowest BCUT2D eigenvalue weighted by Crippen LogP contribution is -2.61. The number of rotatable bonds is 3. The van der Waals surface area contributed by atoms with Crippen molar-refractivity contribution in [3.8, 4) is 0 Å². The van der Waals surface area contributed by atoms with Gasteiger partial charge < -0.3 is 24.3 Å². The summed E-state index contributed by atoms with van der Waals surface area (Å²) in [5.74, 6) is -0.139. The Kier molecular flexibility index (Phi) is 5.91. The molecule has 2 heterocycles. The van der Waals surface area contributed by atoms with Crippen LogP contribution in [-0.4, -0.2) is 60.0 Å². The third-order valence-corrected chi connectivity index (χ3v) is 5.97. The Morgan fingerprint density at radius 3 is 2.23 bits per heavy atom. The Morgan fingerprint density at radius 1 is 1.17 bits per heavy atom. The van der Waals surface area contributed by atoms with Crippen molar-refractivity contribution in [3.05, 3.63) is 28.8 Å². The van der Waals surface area contributed by atoms with Gasteiger partial charge in [0.1, 0.15) is 5.60 Å². The maximum Gasteiger partial charge on any atom is 0.496 e. The van der Waals surface area contributed by atoms with Gasteiger partial charge in [-0.2, -0.15) is 0 Å². The Bertz CT molecular complexity index is 830. The lowest BCUT2D eigenvalue weighted by atomic mass is 9.78. The normalized spacial score (nSPS) is 20.7. The molecule has 2 fully saturated rings. The number of hydrogen-bond acceptors (Lipinski definition) is 5. The molecule has 1 aromatic rings. The molecule has 0 radical (unpaired) electrons. The topological polar surface area (TPSA) is 77.1 Å². The third kappa shape index (κ3) is 4.76. The van der Waals surface area contributed by atoms with Gasteiger partial charge in [0.15, 0.2) is 0 Å². The minimum absolute atomic E-state index is 0.122. The summed E-state index contributed by atoms with van der Waals surface area (Å²) < 4.78 is 17.3. The van der Waals surface area contributed by atoms with Crippen LogP contribution in [0.15, 0.2) is 18.2 Å². The van der Waals surface area contributed by atoms with Crippen LogP contribution in [0.25, 0.3) is 0 Å². The minimum atomic E-state index is -0.585. The number of nitrogens with one attached hydrogen (secondary N) is 1. The summed E-state index contributed by atoms with van der Waals surface area (Å²) in [5, 5.41) is 3.19. The number of ether oxygens (including phenoxy) is 1. The summed E-state index contributed by atoms with van der Waals surface area (Å²) in [5.41, 5.74) is -0.318. The lowest BCUT2D eigenvalue weighted by Gasteiger charge is -2.39. The number of amides is 2. The van der Waals surface area contributed by atoms with E-state index in [-0.39, 0.29) is 11.9 Å². The molecule has 0 aliphatic carbocycles. The zero-order valence-electron chi connectivity index (χ0n) is 18.7. The van der Waals surface area contributed by atoms with E-state index in [1.54, 1.807) is 43.9 Å². The first-order valence-corrected chi connectivity index (χ1v) is 10.5. The molecule has 0 unspecified atom stereocenters. The molecule has 2 aliphatic rings. The second-order valence-electron chi connectivity index (χ2n) is 9.88. The average molecular weight is 437 g/mol. The molecule has 164 valence electrons. The molecule has 0 spiro atoms. The summed E-state index contributed by atoms with van der Waals surface area (Å²) in [6, 6.07) is 5.01.